The van der Waals surface area contributed by atoms with Crippen molar-refractivity contribution in [3.8, 4) is 5.75 Å². The summed E-state index contributed by atoms with van der Waals surface area (Å²) in [6.45, 7) is 4.45. The van der Waals surface area contributed by atoms with Gasteiger partial charge in [-0.2, -0.15) is 0 Å². The third-order valence-electron chi connectivity index (χ3n) is 7.32. The van der Waals surface area contributed by atoms with Crippen LogP contribution < -0.4 is 10.1 Å². The fourth-order valence-electron chi connectivity index (χ4n) is 5.33. The van der Waals surface area contributed by atoms with Crippen molar-refractivity contribution < 1.29 is 13.9 Å². The van der Waals surface area contributed by atoms with Gasteiger partial charge in [-0.25, -0.2) is 4.39 Å². The molecule has 0 radical (unpaired) electrons. The number of nitrogens with zero attached hydrogens (tertiary/aromatic N) is 2. The largest absolute Gasteiger partial charge is 0.497 e. The van der Waals surface area contributed by atoms with Gasteiger partial charge in [0.05, 0.1) is 7.11 Å². The Morgan fingerprint density at radius 2 is 1.73 bits per heavy atom. The monoisotopic (exact) mass is 499 g/mol. The number of para-hydroxylation sites is 1. The zero-order valence-corrected chi connectivity index (χ0v) is 21.3. The van der Waals surface area contributed by atoms with Crippen LogP contribution in [0, 0.1) is 5.82 Å². The van der Waals surface area contributed by atoms with Crippen molar-refractivity contribution in [1.82, 2.24) is 14.8 Å². The molecule has 1 aliphatic heterocycles. The maximum atomic E-state index is 13.8. The van der Waals surface area contributed by atoms with Crippen molar-refractivity contribution in [2.45, 2.75) is 31.7 Å². The first-order chi connectivity index (χ1) is 18.1. The van der Waals surface area contributed by atoms with Crippen LogP contribution in [-0.2, 0) is 11.3 Å². The number of likely N-dealkylation sites (tertiary alicyclic amines) is 1. The lowest BCUT2D eigenvalue weighted by Crippen LogP contribution is -2.34. The van der Waals surface area contributed by atoms with Crippen LogP contribution in [0.2, 0.25) is 0 Å². The van der Waals surface area contributed by atoms with E-state index in [9.17, 15) is 9.18 Å². The first-order valence-electron chi connectivity index (χ1n) is 13.1. The minimum Gasteiger partial charge on any atom is -0.497 e. The Labute approximate surface area is 217 Å². The van der Waals surface area contributed by atoms with Crippen molar-refractivity contribution >= 4 is 16.8 Å². The van der Waals surface area contributed by atoms with Crippen molar-refractivity contribution in [2.75, 3.05) is 33.3 Å². The number of carbonyl (C=O) groups is 1. The molecule has 5 nitrogen and oxygen atoms in total. The summed E-state index contributed by atoms with van der Waals surface area (Å²) in [5, 5.41) is 4.23. The van der Waals surface area contributed by atoms with Gasteiger partial charge in [-0.15, -0.1) is 0 Å². The fourth-order valence-corrected chi connectivity index (χ4v) is 5.33. The lowest BCUT2D eigenvalue weighted by Gasteiger charge is -2.19. The molecule has 4 aromatic rings. The van der Waals surface area contributed by atoms with Gasteiger partial charge in [0.1, 0.15) is 11.6 Å². The van der Waals surface area contributed by atoms with E-state index in [1.165, 1.54) is 25.0 Å². The van der Waals surface area contributed by atoms with Crippen LogP contribution in [0.1, 0.15) is 41.9 Å². The summed E-state index contributed by atoms with van der Waals surface area (Å²) in [6.07, 6.45) is 4.94. The number of hydrogen-bond acceptors (Lipinski definition) is 3. The van der Waals surface area contributed by atoms with Gasteiger partial charge >= 0.3 is 0 Å². The number of benzene rings is 3. The van der Waals surface area contributed by atoms with Crippen LogP contribution in [0.3, 0.4) is 0 Å². The van der Waals surface area contributed by atoms with Crippen LogP contribution in [0.15, 0.2) is 79.0 Å². The minimum absolute atomic E-state index is 0.0144. The van der Waals surface area contributed by atoms with Gasteiger partial charge in [0.2, 0.25) is 5.91 Å². The number of fused-ring (bicyclic) bond motifs is 1. The highest BCUT2D eigenvalue weighted by atomic mass is 19.1. The molecule has 1 unspecified atom stereocenters. The molecule has 1 fully saturated rings. The second kappa shape index (κ2) is 11.6. The SMILES string of the molecule is COc1ccc(Cn2cc(C(CC(=O)NCCN3CCCC3)c3ccc(F)cc3)c3ccccc32)cc1. The van der Waals surface area contributed by atoms with Gasteiger partial charge in [0, 0.05) is 49.1 Å². The lowest BCUT2D eigenvalue weighted by molar-refractivity contribution is -0.121. The van der Waals surface area contributed by atoms with E-state index in [4.69, 9.17) is 4.74 Å². The second-order valence-electron chi connectivity index (χ2n) is 9.78. The zero-order valence-electron chi connectivity index (χ0n) is 21.3. The number of amides is 1. The molecule has 192 valence electrons. The van der Waals surface area contributed by atoms with Gasteiger partial charge in [-0.05, 0) is 73.0 Å². The Kier molecular flexibility index (Phi) is 7.85. The van der Waals surface area contributed by atoms with E-state index in [2.05, 4.69) is 45.2 Å². The van der Waals surface area contributed by atoms with E-state index in [-0.39, 0.29) is 17.6 Å². The van der Waals surface area contributed by atoms with E-state index in [0.717, 1.165) is 53.0 Å². The number of nitrogens with one attached hydrogen (secondary N) is 1. The quantitative estimate of drug-likeness (QED) is 0.310. The number of rotatable bonds is 10. The summed E-state index contributed by atoms with van der Waals surface area (Å²) in [4.78, 5) is 15.5. The van der Waals surface area contributed by atoms with E-state index in [1.54, 1.807) is 19.2 Å². The Balaban J connectivity index is 1.43. The van der Waals surface area contributed by atoms with E-state index < -0.39 is 0 Å². The smallest absolute Gasteiger partial charge is 0.220 e. The molecule has 0 spiro atoms. The highest BCUT2D eigenvalue weighted by molar-refractivity contribution is 5.86. The lowest BCUT2D eigenvalue weighted by atomic mass is 9.88. The predicted molar refractivity (Wildman–Crippen MR) is 146 cm³/mol. The third kappa shape index (κ3) is 6.03. The number of carbonyl (C=O) groups excluding carboxylic acids is 1. The van der Waals surface area contributed by atoms with Crippen LogP contribution >= 0.6 is 0 Å². The average Bonchev–Trinajstić information content (AvgIpc) is 3.57. The van der Waals surface area contributed by atoms with Crippen molar-refractivity contribution in [3.63, 3.8) is 0 Å². The van der Waals surface area contributed by atoms with Crippen molar-refractivity contribution in [2.24, 2.45) is 0 Å². The highest BCUT2D eigenvalue weighted by Gasteiger charge is 2.23. The number of methoxy groups -OCH3 is 1. The maximum absolute atomic E-state index is 13.8. The van der Waals surface area contributed by atoms with Crippen LogP contribution in [-0.4, -0.2) is 48.7 Å². The predicted octanol–water partition coefficient (Wildman–Crippen LogP) is 5.57. The average molecular weight is 500 g/mol. The molecule has 1 amide bonds. The first kappa shape index (κ1) is 25.0. The normalized spacial score (nSPS) is 14.6. The standard InChI is InChI=1S/C31H34FN3O2/c1-37-26-14-8-23(9-15-26)21-35-22-29(27-6-2-3-7-30(27)35)28(24-10-12-25(32)13-11-24)20-31(36)33-16-19-34-17-4-5-18-34/h2-3,6-15,22,28H,4-5,16-21H2,1H3,(H,33,36). The Morgan fingerprint density at radius 3 is 2.46 bits per heavy atom. The molecule has 0 bridgehead atoms. The van der Waals surface area contributed by atoms with Crippen molar-refractivity contribution in [1.29, 1.82) is 0 Å². The molecular weight excluding hydrogens is 465 g/mol. The molecule has 1 atom stereocenters. The van der Waals surface area contributed by atoms with Gasteiger partial charge in [0.15, 0.2) is 0 Å². The maximum Gasteiger partial charge on any atom is 0.220 e. The minimum atomic E-state index is -0.278. The van der Waals surface area contributed by atoms with Crippen LogP contribution in [0.5, 0.6) is 5.75 Å². The molecule has 5 rings (SSSR count). The number of aromatic nitrogens is 1. The molecule has 37 heavy (non-hydrogen) atoms. The summed E-state index contributed by atoms with van der Waals surface area (Å²) in [6, 6.07) is 22.9. The summed E-state index contributed by atoms with van der Waals surface area (Å²) in [5.74, 6) is 0.378. The molecule has 0 aliphatic carbocycles. The molecule has 1 N–H and O–H groups in total. The number of ether oxygens (including phenoxy) is 1. The van der Waals surface area contributed by atoms with E-state index in [0.29, 0.717) is 19.5 Å². The number of halogens is 1. The topological polar surface area (TPSA) is 46.5 Å². The number of hydrogen-bond donors (Lipinski definition) is 1. The molecule has 6 heteroatoms. The van der Waals surface area contributed by atoms with Gasteiger partial charge in [-0.3, -0.25) is 4.79 Å². The Hall–Kier alpha value is -3.64. The molecule has 1 aliphatic rings. The fraction of sp³-hybridized carbons (Fsp3) is 0.323. The van der Waals surface area contributed by atoms with Gasteiger partial charge in [-0.1, -0.05) is 42.5 Å². The molecule has 0 saturated carbocycles. The van der Waals surface area contributed by atoms with Gasteiger partial charge in [0.25, 0.3) is 0 Å². The Morgan fingerprint density at radius 1 is 1.00 bits per heavy atom. The molecule has 2 heterocycles. The van der Waals surface area contributed by atoms with E-state index in [1.807, 2.05) is 24.3 Å². The molecule has 3 aromatic carbocycles. The van der Waals surface area contributed by atoms with E-state index >= 15 is 0 Å². The van der Waals surface area contributed by atoms with Gasteiger partial charge < -0.3 is 19.5 Å². The Bertz CT molecular complexity index is 1330. The first-order valence-corrected chi connectivity index (χ1v) is 13.1. The van der Waals surface area contributed by atoms with Crippen molar-refractivity contribution in [3.05, 3.63) is 102 Å². The summed E-state index contributed by atoms with van der Waals surface area (Å²) in [7, 11) is 1.67. The summed E-state index contributed by atoms with van der Waals surface area (Å²) in [5.41, 5.74) is 4.27. The van der Waals surface area contributed by atoms with Crippen LogP contribution in [0.25, 0.3) is 10.9 Å². The summed E-state index contributed by atoms with van der Waals surface area (Å²) < 4.78 is 21.3. The molecule has 1 saturated heterocycles. The highest BCUT2D eigenvalue weighted by Crippen LogP contribution is 2.35. The van der Waals surface area contributed by atoms with Crippen LogP contribution in [0.4, 0.5) is 4.39 Å². The molecule has 1 aromatic heterocycles. The second-order valence-corrected chi connectivity index (χ2v) is 9.78. The molecular formula is C31H34FN3O2. The zero-order chi connectivity index (χ0) is 25.6. The third-order valence-corrected chi connectivity index (χ3v) is 7.32. The summed E-state index contributed by atoms with van der Waals surface area (Å²) >= 11 is 0.